The second-order valence-electron chi connectivity index (χ2n) is 5.81. The molecule has 0 saturated carbocycles. The van der Waals surface area contributed by atoms with Crippen LogP contribution in [-0.2, 0) is 6.42 Å². The molecule has 0 spiro atoms. The third-order valence-electron chi connectivity index (χ3n) is 4.17. The summed E-state index contributed by atoms with van der Waals surface area (Å²) in [4.78, 5) is 4.78. The van der Waals surface area contributed by atoms with Gasteiger partial charge in [0.2, 0.25) is 0 Å². The quantitative estimate of drug-likeness (QED) is 0.602. The lowest BCUT2D eigenvalue weighted by Gasteiger charge is -2.04. The van der Waals surface area contributed by atoms with Crippen LogP contribution < -0.4 is 0 Å². The summed E-state index contributed by atoms with van der Waals surface area (Å²) in [5.74, 6) is 0. The molecule has 3 aromatic rings. The van der Waals surface area contributed by atoms with Gasteiger partial charge in [-0.3, -0.25) is 4.99 Å². The van der Waals surface area contributed by atoms with Gasteiger partial charge in [-0.1, -0.05) is 72.3 Å². The number of hydrogen-bond acceptors (Lipinski definition) is 1. The van der Waals surface area contributed by atoms with Crippen LogP contribution >= 0.6 is 0 Å². The lowest BCUT2D eigenvalue weighted by molar-refractivity contribution is 1.34. The van der Waals surface area contributed by atoms with Crippen LogP contribution in [0.5, 0.6) is 0 Å². The Labute approximate surface area is 131 Å². The van der Waals surface area contributed by atoms with E-state index in [1.54, 1.807) is 0 Å². The van der Waals surface area contributed by atoms with Crippen LogP contribution in [0.2, 0.25) is 0 Å². The molecule has 0 fully saturated rings. The van der Waals surface area contributed by atoms with Gasteiger partial charge in [0.1, 0.15) is 0 Å². The maximum atomic E-state index is 4.78. The third-order valence-corrected chi connectivity index (χ3v) is 4.17. The van der Waals surface area contributed by atoms with Gasteiger partial charge >= 0.3 is 0 Å². The lowest BCUT2D eigenvalue weighted by Crippen LogP contribution is -2.00. The summed E-state index contributed by atoms with van der Waals surface area (Å²) < 4.78 is 0. The van der Waals surface area contributed by atoms with Gasteiger partial charge in [0.05, 0.1) is 11.4 Å². The van der Waals surface area contributed by atoms with E-state index in [-0.39, 0.29) is 0 Å². The summed E-state index contributed by atoms with van der Waals surface area (Å²) in [5, 5.41) is 0. The molecule has 0 aliphatic carbocycles. The molecule has 0 N–H and O–H groups in total. The highest BCUT2D eigenvalue weighted by atomic mass is 14.8. The van der Waals surface area contributed by atoms with Crippen molar-refractivity contribution >= 4 is 11.4 Å². The topological polar surface area (TPSA) is 12.4 Å². The molecule has 1 aliphatic heterocycles. The fraction of sp³-hybridized carbons (Fsp3) is 0.0952. The molecule has 1 aliphatic rings. The predicted molar refractivity (Wildman–Crippen MR) is 93.0 cm³/mol. The fourth-order valence-corrected chi connectivity index (χ4v) is 2.98. The summed E-state index contributed by atoms with van der Waals surface area (Å²) >= 11 is 0. The molecular formula is C21H17N. The van der Waals surface area contributed by atoms with E-state index >= 15 is 0 Å². The lowest BCUT2D eigenvalue weighted by atomic mass is 10.00. The highest BCUT2D eigenvalue weighted by Crippen LogP contribution is 2.30. The molecule has 4 rings (SSSR count). The number of benzene rings is 3. The molecule has 0 radical (unpaired) electrons. The molecule has 0 unspecified atom stereocenters. The van der Waals surface area contributed by atoms with Crippen LogP contribution in [-0.4, -0.2) is 5.71 Å². The third kappa shape index (κ3) is 2.35. The highest BCUT2D eigenvalue weighted by molar-refractivity contribution is 6.06. The minimum Gasteiger partial charge on any atom is -0.252 e. The van der Waals surface area contributed by atoms with E-state index in [1.807, 2.05) is 6.07 Å². The highest BCUT2D eigenvalue weighted by Gasteiger charge is 2.15. The Bertz CT molecular complexity index is 843. The molecule has 0 saturated heterocycles. The Hall–Kier alpha value is -2.67. The molecule has 0 aromatic heterocycles. The van der Waals surface area contributed by atoms with Gasteiger partial charge in [0.25, 0.3) is 0 Å². The van der Waals surface area contributed by atoms with Gasteiger partial charge in [-0.15, -0.1) is 0 Å². The van der Waals surface area contributed by atoms with E-state index in [0.29, 0.717) is 0 Å². The molecule has 0 amide bonds. The Balaban J connectivity index is 1.63. The number of aliphatic imine (C=N–C) groups is 1. The second-order valence-corrected chi connectivity index (χ2v) is 5.81. The molecule has 106 valence electrons. The summed E-state index contributed by atoms with van der Waals surface area (Å²) in [6.45, 7) is 2.13. The van der Waals surface area contributed by atoms with Crippen LogP contribution in [0.25, 0.3) is 11.1 Å². The first-order valence-corrected chi connectivity index (χ1v) is 7.62. The van der Waals surface area contributed by atoms with Crippen molar-refractivity contribution in [3.05, 3.63) is 89.5 Å². The van der Waals surface area contributed by atoms with E-state index in [1.165, 1.54) is 33.5 Å². The van der Waals surface area contributed by atoms with E-state index in [4.69, 9.17) is 4.99 Å². The molecule has 0 bridgehead atoms. The smallest absolute Gasteiger partial charge is 0.0669 e. The second kappa shape index (κ2) is 5.27. The van der Waals surface area contributed by atoms with Crippen LogP contribution in [0.15, 0.2) is 77.8 Å². The van der Waals surface area contributed by atoms with E-state index in [9.17, 15) is 0 Å². The number of nitrogens with zero attached hydrogens (tertiary/aromatic N) is 1. The Kier molecular flexibility index (Phi) is 3.12. The van der Waals surface area contributed by atoms with Crippen molar-refractivity contribution < 1.29 is 0 Å². The average Bonchev–Trinajstić information content (AvgIpc) is 2.99. The Morgan fingerprint density at radius 3 is 2.18 bits per heavy atom. The van der Waals surface area contributed by atoms with Crippen molar-refractivity contribution in [2.24, 2.45) is 4.99 Å². The standard InChI is InChI=1S/C21H17N/c1-15-7-12-20-19(13-15)14-21(22-20)18-10-8-17(9-11-18)16-5-3-2-4-6-16/h2-13H,14H2,1H3. The summed E-state index contributed by atoms with van der Waals surface area (Å²) in [6.07, 6.45) is 0.932. The zero-order valence-corrected chi connectivity index (χ0v) is 12.6. The zero-order valence-electron chi connectivity index (χ0n) is 12.6. The van der Waals surface area contributed by atoms with Gasteiger partial charge in [-0.2, -0.15) is 0 Å². The first-order valence-electron chi connectivity index (χ1n) is 7.62. The number of rotatable bonds is 2. The summed E-state index contributed by atoms with van der Waals surface area (Å²) in [7, 11) is 0. The molecule has 0 atom stereocenters. The van der Waals surface area contributed by atoms with E-state index in [2.05, 4.69) is 73.7 Å². The first kappa shape index (κ1) is 13.0. The van der Waals surface area contributed by atoms with Crippen molar-refractivity contribution in [2.45, 2.75) is 13.3 Å². The zero-order chi connectivity index (χ0) is 14.9. The Morgan fingerprint density at radius 2 is 1.41 bits per heavy atom. The van der Waals surface area contributed by atoms with Gasteiger partial charge in [-0.05, 0) is 35.2 Å². The van der Waals surface area contributed by atoms with Crippen LogP contribution in [0.1, 0.15) is 16.7 Å². The van der Waals surface area contributed by atoms with Crippen LogP contribution in [0, 0.1) is 6.92 Å². The molecule has 1 heteroatoms. The number of fused-ring (bicyclic) bond motifs is 1. The van der Waals surface area contributed by atoms with Gasteiger partial charge < -0.3 is 0 Å². The van der Waals surface area contributed by atoms with Gasteiger partial charge in [0.15, 0.2) is 0 Å². The summed E-state index contributed by atoms with van der Waals surface area (Å²) in [6, 6.07) is 25.7. The SMILES string of the molecule is Cc1ccc2c(c1)CC(c1ccc(-c3ccccc3)cc1)=N2. The normalized spacial score (nSPS) is 12.9. The van der Waals surface area contributed by atoms with E-state index in [0.717, 1.165) is 12.1 Å². The van der Waals surface area contributed by atoms with E-state index < -0.39 is 0 Å². The van der Waals surface area contributed by atoms with Gasteiger partial charge in [-0.25, -0.2) is 0 Å². The van der Waals surface area contributed by atoms with Crippen molar-refractivity contribution in [2.75, 3.05) is 0 Å². The van der Waals surface area contributed by atoms with Crippen LogP contribution in [0.3, 0.4) is 0 Å². The van der Waals surface area contributed by atoms with Crippen molar-refractivity contribution in [1.29, 1.82) is 0 Å². The molecule has 1 heterocycles. The molecule has 22 heavy (non-hydrogen) atoms. The number of aryl methyl sites for hydroxylation is 1. The monoisotopic (exact) mass is 283 g/mol. The predicted octanol–water partition coefficient (Wildman–Crippen LogP) is 5.34. The average molecular weight is 283 g/mol. The minimum atomic E-state index is 0.932. The Morgan fingerprint density at radius 1 is 0.727 bits per heavy atom. The fourth-order valence-electron chi connectivity index (χ4n) is 2.98. The van der Waals surface area contributed by atoms with Crippen LogP contribution in [0.4, 0.5) is 5.69 Å². The maximum absolute atomic E-state index is 4.78. The molecule has 1 nitrogen and oxygen atoms in total. The largest absolute Gasteiger partial charge is 0.252 e. The summed E-state index contributed by atoms with van der Waals surface area (Å²) in [5.41, 5.74) is 8.64. The van der Waals surface area contributed by atoms with Crippen molar-refractivity contribution in [1.82, 2.24) is 0 Å². The first-order chi connectivity index (χ1) is 10.8. The van der Waals surface area contributed by atoms with Crippen molar-refractivity contribution in [3.63, 3.8) is 0 Å². The molecule has 3 aromatic carbocycles. The minimum absolute atomic E-state index is 0.932. The maximum Gasteiger partial charge on any atom is 0.0669 e. The van der Waals surface area contributed by atoms with Crippen molar-refractivity contribution in [3.8, 4) is 11.1 Å². The van der Waals surface area contributed by atoms with Gasteiger partial charge in [0, 0.05) is 6.42 Å². The number of hydrogen-bond donors (Lipinski definition) is 0. The molecular weight excluding hydrogens is 266 g/mol.